The molecule has 2 rings (SSSR count). The van der Waals surface area contributed by atoms with Crippen molar-refractivity contribution in [1.29, 1.82) is 0 Å². The van der Waals surface area contributed by atoms with Gasteiger partial charge in [0, 0.05) is 19.0 Å². The average molecular weight is 245 g/mol. The van der Waals surface area contributed by atoms with Gasteiger partial charge in [0.15, 0.2) is 0 Å². The normalized spacial score (nSPS) is 19.5. The highest BCUT2D eigenvalue weighted by molar-refractivity contribution is 5.77. The molecule has 0 N–H and O–H groups in total. The van der Waals surface area contributed by atoms with Crippen molar-refractivity contribution in [2.45, 2.75) is 45.6 Å². The highest BCUT2D eigenvalue weighted by Crippen LogP contribution is 2.24. The molecule has 0 bridgehead atoms. The van der Waals surface area contributed by atoms with Crippen LogP contribution >= 0.6 is 0 Å². The summed E-state index contributed by atoms with van der Waals surface area (Å²) in [5.41, 5.74) is 1.26. The molecule has 1 unspecified atom stereocenters. The highest BCUT2D eigenvalue weighted by atomic mass is 16.2. The van der Waals surface area contributed by atoms with Gasteiger partial charge < -0.3 is 4.90 Å². The topological polar surface area (TPSA) is 20.3 Å². The number of rotatable bonds is 4. The first kappa shape index (κ1) is 13.1. The Morgan fingerprint density at radius 2 is 2.06 bits per heavy atom. The predicted octanol–water partition coefficient (Wildman–Crippen LogP) is 3.27. The minimum absolute atomic E-state index is 0.329. The molecule has 1 aliphatic rings. The van der Waals surface area contributed by atoms with Crippen LogP contribution in [0, 0.1) is 5.92 Å². The van der Waals surface area contributed by atoms with Crippen LogP contribution in [0.15, 0.2) is 30.3 Å². The predicted molar refractivity (Wildman–Crippen MR) is 74.3 cm³/mol. The largest absolute Gasteiger partial charge is 0.339 e. The van der Waals surface area contributed by atoms with E-state index < -0.39 is 0 Å². The van der Waals surface area contributed by atoms with Crippen molar-refractivity contribution >= 4 is 5.91 Å². The second-order valence-electron chi connectivity index (χ2n) is 5.53. The number of benzene rings is 1. The first-order valence-corrected chi connectivity index (χ1v) is 7.02. The van der Waals surface area contributed by atoms with Crippen LogP contribution in [-0.2, 0) is 11.2 Å². The first-order valence-electron chi connectivity index (χ1n) is 7.02. The summed E-state index contributed by atoms with van der Waals surface area (Å²) in [6.07, 6.45) is 3.85. The molecule has 98 valence electrons. The van der Waals surface area contributed by atoms with Crippen molar-refractivity contribution in [2.24, 2.45) is 5.92 Å². The third kappa shape index (κ3) is 3.12. The van der Waals surface area contributed by atoms with Crippen LogP contribution in [0.1, 0.15) is 38.7 Å². The van der Waals surface area contributed by atoms with E-state index in [4.69, 9.17) is 0 Å². The summed E-state index contributed by atoms with van der Waals surface area (Å²) in [7, 11) is 0. The zero-order valence-electron chi connectivity index (χ0n) is 11.4. The van der Waals surface area contributed by atoms with Gasteiger partial charge in [-0.3, -0.25) is 4.79 Å². The van der Waals surface area contributed by atoms with E-state index in [9.17, 15) is 4.79 Å². The fourth-order valence-electron chi connectivity index (χ4n) is 2.83. The van der Waals surface area contributed by atoms with E-state index in [1.807, 2.05) is 18.2 Å². The van der Waals surface area contributed by atoms with Crippen molar-refractivity contribution < 1.29 is 4.79 Å². The second kappa shape index (κ2) is 6.03. The van der Waals surface area contributed by atoms with Crippen molar-refractivity contribution in [2.75, 3.05) is 6.54 Å². The minimum atomic E-state index is 0.329. The first-order chi connectivity index (χ1) is 8.68. The quantitative estimate of drug-likeness (QED) is 0.797. The monoisotopic (exact) mass is 245 g/mol. The average Bonchev–Trinajstić information content (AvgIpc) is 2.86. The lowest BCUT2D eigenvalue weighted by molar-refractivity contribution is -0.132. The molecule has 18 heavy (non-hydrogen) atoms. The molecule has 1 atom stereocenters. The molecule has 1 aromatic carbocycles. The maximum Gasteiger partial charge on any atom is 0.223 e. The third-order valence-electron chi connectivity index (χ3n) is 3.86. The highest BCUT2D eigenvalue weighted by Gasteiger charge is 2.30. The Hall–Kier alpha value is -1.31. The molecule has 2 heteroatoms. The van der Waals surface area contributed by atoms with Crippen LogP contribution < -0.4 is 0 Å². The summed E-state index contributed by atoms with van der Waals surface area (Å²) in [4.78, 5) is 14.4. The maximum atomic E-state index is 12.3. The van der Waals surface area contributed by atoms with E-state index in [1.54, 1.807) is 0 Å². The smallest absolute Gasteiger partial charge is 0.223 e. The van der Waals surface area contributed by atoms with Crippen LogP contribution in [0.2, 0.25) is 0 Å². The summed E-state index contributed by atoms with van der Waals surface area (Å²) in [5, 5.41) is 0. The molecule has 1 aliphatic heterocycles. The van der Waals surface area contributed by atoms with Gasteiger partial charge in [-0.25, -0.2) is 0 Å². The van der Waals surface area contributed by atoms with Gasteiger partial charge in [-0.15, -0.1) is 0 Å². The van der Waals surface area contributed by atoms with E-state index in [1.165, 1.54) is 18.4 Å². The minimum Gasteiger partial charge on any atom is -0.339 e. The fraction of sp³-hybridized carbons (Fsp3) is 0.562. The molecule has 1 fully saturated rings. The van der Waals surface area contributed by atoms with Crippen LogP contribution in [0.5, 0.6) is 0 Å². The molecule has 0 aliphatic carbocycles. The Kier molecular flexibility index (Phi) is 4.40. The Balaban J connectivity index is 1.88. The summed E-state index contributed by atoms with van der Waals surface area (Å²) in [6.45, 7) is 5.39. The molecule has 0 aromatic heterocycles. The van der Waals surface area contributed by atoms with E-state index in [-0.39, 0.29) is 0 Å². The molecule has 1 heterocycles. The standard InChI is InChI=1S/C16H23NO/c1-13(2)15-9-6-12-17(15)16(18)11-10-14-7-4-3-5-8-14/h3-5,7-8,13,15H,6,9-12H2,1-2H3. The lowest BCUT2D eigenvalue weighted by atomic mass is 10.0. The zero-order valence-corrected chi connectivity index (χ0v) is 11.4. The van der Waals surface area contributed by atoms with Crippen molar-refractivity contribution in [1.82, 2.24) is 4.90 Å². The Labute approximate surface area is 110 Å². The maximum absolute atomic E-state index is 12.3. The van der Waals surface area contributed by atoms with Crippen molar-refractivity contribution in [3.63, 3.8) is 0 Å². The van der Waals surface area contributed by atoms with Crippen LogP contribution in [0.25, 0.3) is 0 Å². The van der Waals surface area contributed by atoms with Gasteiger partial charge in [0.05, 0.1) is 0 Å². The Bertz CT molecular complexity index is 385. The number of carbonyl (C=O) groups excluding carboxylic acids is 1. The summed E-state index contributed by atoms with van der Waals surface area (Å²) in [5.74, 6) is 0.906. The van der Waals surface area contributed by atoms with E-state index in [2.05, 4.69) is 30.9 Å². The van der Waals surface area contributed by atoms with Gasteiger partial charge >= 0.3 is 0 Å². The fourth-order valence-corrected chi connectivity index (χ4v) is 2.83. The van der Waals surface area contributed by atoms with Gasteiger partial charge in [0.25, 0.3) is 0 Å². The second-order valence-corrected chi connectivity index (χ2v) is 5.53. The number of hydrogen-bond donors (Lipinski definition) is 0. The molecule has 0 saturated carbocycles. The van der Waals surface area contributed by atoms with Gasteiger partial charge in [0.1, 0.15) is 0 Å². The molecule has 1 amide bonds. The van der Waals surface area contributed by atoms with Gasteiger partial charge in [-0.1, -0.05) is 44.2 Å². The number of nitrogens with zero attached hydrogens (tertiary/aromatic N) is 1. The SMILES string of the molecule is CC(C)C1CCCN1C(=O)CCc1ccccc1. The molecule has 0 radical (unpaired) electrons. The van der Waals surface area contributed by atoms with E-state index in [0.29, 0.717) is 24.3 Å². The van der Waals surface area contributed by atoms with Crippen LogP contribution in [-0.4, -0.2) is 23.4 Å². The lowest BCUT2D eigenvalue weighted by Gasteiger charge is -2.27. The van der Waals surface area contributed by atoms with Crippen molar-refractivity contribution in [3.8, 4) is 0 Å². The van der Waals surface area contributed by atoms with Gasteiger partial charge in [0.2, 0.25) is 5.91 Å². The number of hydrogen-bond acceptors (Lipinski definition) is 1. The van der Waals surface area contributed by atoms with Crippen molar-refractivity contribution in [3.05, 3.63) is 35.9 Å². The Morgan fingerprint density at radius 3 is 2.72 bits per heavy atom. The number of carbonyl (C=O) groups is 1. The summed E-state index contributed by atoms with van der Waals surface area (Å²) in [6, 6.07) is 10.7. The number of aryl methyl sites for hydroxylation is 1. The summed E-state index contributed by atoms with van der Waals surface area (Å²) < 4.78 is 0. The van der Waals surface area contributed by atoms with E-state index >= 15 is 0 Å². The zero-order chi connectivity index (χ0) is 13.0. The van der Waals surface area contributed by atoms with Gasteiger partial charge in [-0.2, -0.15) is 0 Å². The molecular formula is C16H23NO. The van der Waals surface area contributed by atoms with E-state index in [0.717, 1.165) is 13.0 Å². The number of amides is 1. The lowest BCUT2D eigenvalue weighted by Crippen LogP contribution is -2.38. The Morgan fingerprint density at radius 1 is 1.33 bits per heavy atom. The third-order valence-corrected chi connectivity index (χ3v) is 3.86. The summed E-state index contributed by atoms with van der Waals surface area (Å²) >= 11 is 0. The molecule has 2 nitrogen and oxygen atoms in total. The molecular weight excluding hydrogens is 222 g/mol. The number of likely N-dealkylation sites (tertiary alicyclic amines) is 1. The van der Waals surface area contributed by atoms with Gasteiger partial charge in [-0.05, 0) is 30.7 Å². The van der Waals surface area contributed by atoms with Crippen LogP contribution in [0.3, 0.4) is 0 Å². The molecule has 1 saturated heterocycles. The van der Waals surface area contributed by atoms with Crippen LogP contribution in [0.4, 0.5) is 0 Å². The molecule has 0 spiro atoms. The molecule has 1 aromatic rings.